The first kappa shape index (κ1) is 43.5. The van der Waals surface area contributed by atoms with Crippen molar-refractivity contribution >= 4 is 5.91 Å². The lowest BCUT2D eigenvalue weighted by Gasteiger charge is -2.06. The molecule has 0 bridgehead atoms. The summed E-state index contributed by atoms with van der Waals surface area (Å²) in [5.41, 5.74) is 0. The van der Waals surface area contributed by atoms with Gasteiger partial charge in [0.1, 0.15) is 0 Å². The van der Waals surface area contributed by atoms with Crippen LogP contribution in [0.1, 0.15) is 258 Å². The molecule has 2 nitrogen and oxygen atoms in total. The van der Waals surface area contributed by atoms with Crippen molar-refractivity contribution < 1.29 is 4.79 Å². The summed E-state index contributed by atoms with van der Waals surface area (Å²) < 4.78 is 0. The van der Waals surface area contributed by atoms with Crippen molar-refractivity contribution in [1.82, 2.24) is 5.32 Å². The van der Waals surface area contributed by atoms with Crippen LogP contribution < -0.4 is 5.32 Å². The van der Waals surface area contributed by atoms with Crippen LogP contribution in [0.4, 0.5) is 0 Å². The highest BCUT2D eigenvalue weighted by Crippen LogP contribution is 2.16. The average molecular weight is 620 g/mol. The average Bonchev–Trinajstić information content (AvgIpc) is 3.03. The van der Waals surface area contributed by atoms with E-state index in [0.717, 1.165) is 25.8 Å². The smallest absolute Gasteiger partial charge is 0.219 e. The second-order valence-corrected chi connectivity index (χ2v) is 14.5. The molecule has 0 unspecified atom stereocenters. The van der Waals surface area contributed by atoms with Gasteiger partial charge in [-0.3, -0.25) is 4.79 Å². The topological polar surface area (TPSA) is 29.1 Å². The third-order valence-electron chi connectivity index (χ3n) is 9.86. The van der Waals surface area contributed by atoms with Crippen LogP contribution in [0.5, 0.6) is 0 Å². The molecule has 2 heteroatoms. The number of rotatable bonds is 39. The molecule has 0 heterocycles. The lowest BCUT2D eigenvalue weighted by molar-refractivity contribution is -0.121. The molecule has 0 saturated carbocycles. The normalized spacial score (nSPS) is 11.4. The van der Waals surface area contributed by atoms with E-state index in [0.29, 0.717) is 0 Å². The molecule has 0 saturated heterocycles. The summed E-state index contributed by atoms with van der Waals surface area (Å²) in [5, 5.41) is 3.16. The Balaban J connectivity index is 3.13. The van der Waals surface area contributed by atoms with Crippen LogP contribution in [0.25, 0.3) is 0 Å². The third kappa shape index (κ3) is 39.5. The Morgan fingerprint density at radius 1 is 0.295 bits per heavy atom. The molecular weight excluding hydrogens is 534 g/mol. The Bertz CT molecular complexity index is 518. The minimum Gasteiger partial charge on any atom is -0.356 e. The number of carbonyl (C=O) groups excluding carboxylic acids is 1. The molecule has 0 aliphatic carbocycles. The minimum atomic E-state index is 0.281. The summed E-state index contributed by atoms with van der Waals surface area (Å²) in [6.07, 6.45) is 52.7. The zero-order valence-electron chi connectivity index (χ0n) is 31.0. The number of carbonyl (C=O) groups is 1. The van der Waals surface area contributed by atoms with Gasteiger partial charge in [0.05, 0.1) is 0 Å². The molecule has 44 heavy (non-hydrogen) atoms. The fourth-order valence-corrected chi connectivity index (χ4v) is 6.71. The third-order valence-corrected chi connectivity index (χ3v) is 9.86. The predicted octanol–water partition coefficient (Wildman–Crippen LogP) is 15.0. The van der Waals surface area contributed by atoms with Gasteiger partial charge in [0.15, 0.2) is 0 Å². The zero-order chi connectivity index (χ0) is 31.9. The van der Waals surface area contributed by atoms with Gasteiger partial charge < -0.3 is 5.32 Å². The molecule has 0 aromatic rings. The van der Waals surface area contributed by atoms with E-state index >= 15 is 0 Å². The van der Waals surface area contributed by atoms with Crippen molar-refractivity contribution in [3.05, 3.63) is 0 Å². The van der Waals surface area contributed by atoms with Gasteiger partial charge >= 0.3 is 0 Å². The van der Waals surface area contributed by atoms with Gasteiger partial charge in [0, 0.05) is 13.0 Å². The van der Waals surface area contributed by atoms with Gasteiger partial charge in [-0.1, -0.05) is 239 Å². The first-order valence-electron chi connectivity index (χ1n) is 21.1. The molecule has 0 aromatic carbocycles. The van der Waals surface area contributed by atoms with E-state index < -0.39 is 0 Å². The van der Waals surface area contributed by atoms with Gasteiger partial charge in [-0.15, -0.1) is 0 Å². The molecule has 0 spiro atoms. The maximum Gasteiger partial charge on any atom is 0.219 e. The number of hydrogen-bond acceptors (Lipinski definition) is 1. The first-order valence-corrected chi connectivity index (χ1v) is 21.1. The molecule has 0 atom stereocenters. The lowest BCUT2D eigenvalue weighted by atomic mass is 10.0. The van der Waals surface area contributed by atoms with Crippen LogP contribution in [0, 0.1) is 0 Å². The van der Waals surface area contributed by atoms with Crippen LogP contribution in [0.2, 0.25) is 0 Å². The Morgan fingerprint density at radius 2 is 0.500 bits per heavy atom. The molecule has 264 valence electrons. The van der Waals surface area contributed by atoms with Crippen molar-refractivity contribution in [2.45, 2.75) is 258 Å². The molecule has 0 radical (unpaired) electrons. The zero-order valence-corrected chi connectivity index (χ0v) is 31.0. The SMILES string of the molecule is CCCCCCCCCCCCCCCCCCCCCCCCNC(=O)CCCCCCCCCCCCCCCCC. The van der Waals surface area contributed by atoms with Crippen LogP contribution >= 0.6 is 0 Å². The minimum absolute atomic E-state index is 0.281. The Kier molecular flexibility index (Phi) is 40.0. The molecule has 0 aromatic heterocycles. The van der Waals surface area contributed by atoms with Gasteiger partial charge in [-0.2, -0.15) is 0 Å². The Hall–Kier alpha value is -0.530. The summed E-state index contributed by atoms with van der Waals surface area (Å²) in [6.45, 7) is 5.48. The summed E-state index contributed by atoms with van der Waals surface area (Å²) in [6, 6.07) is 0. The predicted molar refractivity (Wildman–Crippen MR) is 200 cm³/mol. The fourth-order valence-electron chi connectivity index (χ4n) is 6.71. The highest BCUT2D eigenvalue weighted by molar-refractivity contribution is 5.75. The van der Waals surface area contributed by atoms with Gasteiger partial charge in [0.25, 0.3) is 0 Å². The van der Waals surface area contributed by atoms with E-state index in [2.05, 4.69) is 19.2 Å². The maximum absolute atomic E-state index is 12.1. The highest BCUT2D eigenvalue weighted by Gasteiger charge is 2.01. The molecular formula is C42H85NO. The van der Waals surface area contributed by atoms with E-state index in [1.165, 1.54) is 225 Å². The fraction of sp³-hybridized carbons (Fsp3) is 0.976. The lowest BCUT2D eigenvalue weighted by Crippen LogP contribution is -2.23. The van der Waals surface area contributed by atoms with Crippen LogP contribution in [-0.4, -0.2) is 12.5 Å². The van der Waals surface area contributed by atoms with Gasteiger partial charge in [-0.25, -0.2) is 0 Å². The largest absolute Gasteiger partial charge is 0.356 e. The van der Waals surface area contributed by atoms with Crippen molar-refractivity contribution in [3.8, 4) is 0 Å². The van der Waals surface area contributed by atoms with Crippen molar-refractivity contribution in [1.29, 1.82) is 0 Å². The van der Waals surface area contributed by atoms with E-state index in [1.54, 1.807) is 0 Å². The number of amides is 1. The Morgan fingerprint density at radius 3 is 0.750 bits per heavy atom. The van der Waals surface area contributed by atoms with Gasteiger partial charge in [0.2, 0.25) is 5.91 Å². The standard InChI is InChI=1S/C42H85NO/c1-3-5-7-9-11-13-15-17-19-20-21-22-23-24-25-27-29-31-33-35-37-39-41-43-42(44)40-38-36-34-32-30-28-26-18-16-14-12-10-8-6-4-2/h3-41H2,1-2H3,(H,43,44). The summed E-state index contributed by atoms with van der Waals surface area (Å²) in [4.78, 5) is 12.1. The monoisotopic (exact) mass is 620 g/mol. The van der Waals surface area contributed by atoms with Crippen LogP contribution in [-0.2, 0) is 4.79 Å². The molecule has 0 rings (SSSR count). The van der Waals surface area contributed by atoms with E-state index in [-0.39, 0.29) is 5.91 Å². The summed E-state index contributed by atoms with van der Waals surface area (Å²) >= 11 is 0. The molecule has 1 amide bonds. The van der Waals surface area contributed by atoms with Gasteiger partial charge in [-0.05, 0) is 12.8 Å². The van der Waals surface area contributed by atoms with E-state index in [9.17, 15) is 4.79 Å². The van der Waals surface area contributed by atoms with Crippen LogP contribution in [0.3, 0.4) is 0 Å². The van der Waals surface area contributed by atoms with Crippen molar-refractivity contribution in [2.24, 2.45) is 0 Å². The second-order valence-electron chi connectivity index (χ2n) is 14.5. The first-order chi connectivity index (χ1) is 21.8. The molecule has 0 fully saturated rings. The molecule has 0 aliphatic heterocycles. The highest BCUT2D eigenvalue weighted by atomic mass is 16.1. The number of hydrogen-bond donors (Lipinski definition) is 1. The van der Waals surface area contributed by atoms with Crippen LogP contribution in [0.15, 0.2) is 0 Å². The van der Waals surface area contributed by atoms with Crippen molar-refractivity contribution in [2.75, 3.05) is 6.54 Å². The summed E-state index contributed by atoms with van der Waals surface area (Å²) in [5.74, 6) is 0.281. The summed E-state index contributed by atoms with van der Waals surface area (Å²) in [7, 11) is 0. The molecule has 1 N–H and O–H groups in total. The van der Waals surface area contributed by atoms with E-state index in [1.807, 2.05) is 0 Å². The van der Waals surface area contributed by atoms with Crippen molar-refractivity contribution in [3.63, 3.8) is 0 Å². The van der Waals surface area contributed by atoms with E-state index in [4.69, 9.17) is 0 Å². The number of unbranched alkanes of at least 4 members (excludes halogenated alkanes) is 35. The number of nitrogens with one attached hydrogen (secondary N) is 1. The maximum atomic E-state index is 12.1. The Labute approximate surface area is 279 Å². The molecule has 0 aliphatic rings. The quantitative estimate of drug-likeness (QED) is 0.0681. The second kappa shape index (κ2) is 40.5.